The predicted molar refractivity (Wildman–Crippen MR) is 64.0 cm³/mol. The molecule has 1 aliphatic heterocycles. The van der Waals surface area contributed by atoms with Gasteiger partial charge in [-0.05, 0) is 6.92 Å². The Morgan fingerprint density at radius 2 is 2.25 bits per heavy atom. The van der Waals surface area contributed by atoms with E-state index in [1.54, 1.807) is 7.11 Å². The molecule has 1 fully saturated rings. The number of rotatable bonds is 5. The van der Waals surface area contributed by atoms with E-state index in [2.05, 4.69) is 12.2 Å². The zero-order chi connectivity index (χ0) is 11.1. The Kier molecular flexibility index (Phi) is 8.56. The van der Waals surface area contributed by atoms with Gasteiger partial charge >= 0.3 is 0 Å². The Balaban J connectivity index is 0.00000225. The van der Waals surface area contributed by atoms with Crippen LogP contribution in [0.2, 0.25) is 0 Å². The van der Waals surface area contributed by atoms with E-state index in [-0.39, 0.29) is 24.9 Å². The molecule has 1 saturated heterocycles. The first-order chi connectivity index (χ1) is 7.24. The molecule has 0 aromatic rings. The molecule has 0 aromatic heterocycles. The molecule has 16 heavy (non-hydrogen) atoms. The van der Waals surface area contributed by atoms with Gasteiger partial charge in [0.15, 0.2) is 0 Å². The zero-order valence-electron chi connectivity index (χ0n) is 9.90. The fourth-order valence-corrected chi connectivity index (χ4v) is 1.55. The van der Waals surface area contributed by atoms with Crippen LogP contribution in [0.3, 0.4) is 0 Å². The smallest absolute Gasteiger partial charge is 0.248 e. The summed E-state index contributed by atoms with van der Waals surface area (Å²) in [5.41, 5.74) is 0. The lowest BCUT2D eigenvalue weighted by Crippen LogP contribution is -2.52. The van der Waals surface area contributed by atoms with Crippen molar-refractivity contribution < 1.29 is 14.3 Å². The lowest BCUT2D eigenvalue weighted by Gasteiger charge is -2.31. The van der Waals surface area contributed by atoms with Crippen LogP contribution < -0.4 is 5.32 Å². The maximum absolute atomic E-state index is 11.6. The van der Waals surface area contributed by atoms with Gasteiger partial charge < -0.3 is 19.7 Å². The molecular formula is C10H21ClN2O3. The molecule has 0 radical (unpaired) electrons. The summed E-state index contributed by atoms with van der Waals surface area (Å²) in [6.45, 7) is 5.66. The molecule has 1 amide bonds. The number of nitrogens with one attached hydrogen (secondary N) is 1. The number of piperazine rings is 1. The van der Waals surface area contributed by atoms with Crippen molar-refractivity contribution in [3.8, 4) is 0 Å². The second-order valence-corrected chi connectivity index (χ2v) is 3.74. The van der Waals surface area contributed by atoms with Crippen LogP contribution in [0.1, 0.15) is 6.92 Å². The van der Waals surface area contributed by atoms with E-state index in [0.717, 1.165) is 19.6 Å². The number of nitrogens with zero attached hydrogens (tertiary/aromatic N) is 1. The summed E-state index contributed by atoms with van der Waals surface area (Å²) >= 11 is 0. The van der Waals surface area contributed by atoms with Crippen molar-refractivity contribution in [2.75, 3.05) is 46.6 Å². The molecule has 5 nitrogen and oxygen atoms in total. The normalized spacial score (nSPS) is 20.4. The lowest BCUT2D eigenvalue weighted by molar-refractivity contribution is -0.137. The molecule has 1 atom stereocenters. The number of ether oxygens (including phenoxy) is 2. The average molecular weight is 253 g/mol. The van der Waals surface area contributed by atoms with Crippen molar-refractivity contribution in [1.29, 1.82) is 0 Å². The Bertz CT molecular complexity index is 205. The van der Waals surface area contributed by atoms with E-state index in [4.69, 9.17) is 9.47 Å². The molecule has 1 heterocycles. The second-order valence-electron chi connectivity index (χ2n) is 3.74. The van der Waals surface area contributed by atoms with Gasteiger partial charge in [-0.1, -0.05) is 0 Å². The molecule has 0 unspecified atom stereocenters. The first-order valence-corrected chi connectivity index (χ1v) is 5.32. The van der Waals surface area contributed by atoms with Crippen molar-refractivity contribution in [3.05, 3.63) is 0 Å². The summed E-state index contributed by atoms with van der Waals surface area (Å²) in [4.78, 5) is 13.5. The van der Waals surface area contributed by atoms with Crippen LogP contribution in [0.25, 0.3) is 0 Å². The average Bonchev–Trinajstić information content (AvgIpc) is 2.24. The molecule has 1 N–H and O–H groups in total. The third-order valence-corrected chi connectivity index (χ3v) is 2.38. The maximum atomic E-state index is 11.6. The summed E-state index contributed by atoms with van der Waals surface area (Å²) in [6, 6.07) is 0.377. The van der Waals surface area contributed by atoms with Gasteiger partial charge in [0.2, 0.25) is 5.91 Å². The Hall–Kier alpha value is -0.360. The van der Waals surface area contributed by atoms with E-state index in [1.807, 2.05) is 4.90 Å². The van der Waals surface area contributed by atoms with E-state index >= 15 is 0 Å². The number of methoxy groups -OCH3 is 1. The molecular weight excluding hydrogens is 232 g/mol. The molecule has 0 saturated carbocycles. The fourth-order valence-electron chi connectivity index (χ4n) is 1.55. The molecule has 0 bridgehead atoms. The summed E-state index contributed by atoms with van der Waals surface area (Å²) in [6.07, 6.45) is 0. The van der Waals surface area contributed by atoms with Crippen LogP contribution in [-0.4, -0.2) is 63.4 Å². The standard InChI is InChI=1S/C10H20N2O3.ClH/c1-9-7-12(4-3-11-9)10(13)8-15-6-5-14-2;/h9,11H,3-8H2,1-2H3;1H/t9-;/m1./s1. The van der Waals surface area contributed by atoms with Crippen molar-refractivity contribution >= 4 is 18.3 Å². The summed E-state index contributed by atoms with van der Waals surface area (Å²) < 4.78 is 10.0. The third-order valence-electron chi connectivity index (χ3n) is 2.38. The van der Waals surface area contributed by atoms with E-state index < -0.39 is 0 Å². The second kappa shape index (κ2) is 8.75. The Labute approximate surface area is 103 Å². The van der Waals surface area contributed by atoms with Gasteiger partial charge in [0.05, 0.1) is 13.2 Å². The van der Waals surface area contributed by atoms with Gasteiger partial charge in [0, 0.05) is 32.8 Å². The molecule has 0 spiro atoms. The topological polar surface area (TPSA) is 50.8 Å². The molecule has 1 rings (SSSR count). The predicted octanol–water partition coefficient (Wildman–Crippen LogP) is -0.108. The van der Waals surface area contributed by atoms with Crippen LogP contribution in [-0.2, 0) is 14.3 Å². The largest absolute Gasteiger partial charge is 0.382 e. The SMILES string of the molecule is COCCOCC(=O)N1CCN[C@H](C)C1.Cl. The first kappa shape index (κ1) is 15.6. The van der Waals surface area contributed by atoms with E-state index in [0.29, 0.717) is 19.3 Å². The number of amides is 1. The zero-order valence-corrected chi connectivity index (χ0v) is 10.7. The monoisotopic (exact) mass is 252 g/mol. The lowest BCUT2D eigenvalue weighted by atomic mass is 10.2. The fraction of sp³-hybridized carbons (Fsp3) is 0.900. The van der Waals surface area contributed by atoms with Gasteiger partial charge in [-0.3, -0.25) is 4.79 Å². The number of halogens is 1. The van der Waals surface area contributed by atoms with Crippen molar-refractivity contribution in [1.82, 2.24) is 10.2 Å². The highest BCUT2D eigenvalue weighted by molar-refractivity contribution is 5.85. The molecule has 6 heteroatoms. The van der Waals surface area contributed by atoms with Gasteiger partial charge in [-0.15, -0.1) is 12.4 Å². The Morgan fingerprint density at radius 1 is 1.50 bits per heavy atom. The highest BCUT2D eigenvalue weighted by atomic mass is 35.5. The molecule has 0 aliphatic carbocycles. The molecule has 0 aromatic carbocycles. The van der Waals surface area contributed by atoms with Crippen LogP contribution in [0, 0.1) is 0 Å². The number of carbonyl (C=O) groups excluding carboxylic acids is 1. The highest BCUT2D eigenvalue weighted by Crippen LogP contribution is 1.99. The summed E-state index contributed by atoms with van der Waals surface area (Å²) in [5, 5.41) is 3.29. The van der Waals surface area contributed by atoms with Crippen LogP contribution >= 0.6 is 12.4 Å². The summed E-state index contributed by atoms with van der Waals surface area (Å²) in [5.74, 6) is 0.0689. The van der Waals surface area contributed by atoms with E-state index in [9.17, 15) is 4.79 Å². The molecule has 1 aliphatic rings. The van der Waals surface area contributed by atoms with Crippen LogP contribution in [0.15, 0.2) is 0 Å². The maximum Gasteiger partial charge on any atom is 0.248 e. The van der Waals surface area contributed by atoms with E-state index in [1.165, 1.54) is 0 Å². The third kappa shape index (κ3) is 5.65. The minimum atomic E-state index is 0. The van der Waals surface area contributed by atoms with Crippen molar-refractivity contribution in [3.63, 3.8) is 0 Å². The van der Waals surface area contributed by atoms with Crippen molar-refractivity contribution in [2.24, 2.45) is 0 Å². The van der Waals surface area contributed by atoms with Crippen LogP contribution in [0.4, 0.5) is 0 Å². The van der Waals surface area contributed by atoms with Gasteiger partial charge in [0.25, 0.3) is 0 Å². The van der Waals surface area contributed by atoms with Gasteiger partial charge in [-0.25, -0.2) is 0 Å². The quantitative estimate of drug-likeness (QED) is 0.694. The Morgan fingerprint density at radius 3 is 2.88 bits per heavy atom. The summed E-state index contributed by atoms with van der Waals surface area (Å²) in [7, 11) is 1.61. The first-order valence-electron chi connectivity index (χ1n) is 5.32. The molecule has 96 valence electrons. The number of hydrogen-bond donors (Lipinski definition) is 1. The number of carbonyl (C=O) groups is 1. The highest BCUT2D eigenvalue weighted by Gasteiger charge is 2.19. The van der Waals surface area contributed by atoms with Gasteiger partial charge in [-0.2, -0.15) is 0 Å². The van der Waals surface area contributed by atoms with Crippen molar-refractivity contribution in [2.45, 2.75) is 13.0 Å². The van der Waals surface area contributed by atoms with Gasteiger partial charge in [0.1, 0.15) is 6.61 Å². The van der Waals surface area contributed by atoms with Crippen LogP contribution in [0.5, 0.6) is 0 Å². The number of hydrogen-bond acceptors (Lipinski definition) is 4. The minimum Gasteiger partial charge on any atom is -0.382 e. The minimum absolute atomic E-state index is 0.